The van der Waals surface area contributed by atoms with Crippen molar-refractivity contribution in [2.75, 3.05) is 19.8 Å². The highest BCUT2D eigenvalue weighted by atomic mass is 16.6. The molecule has 0 radical (unpaired) electrons. The molecule has 4 heteroatoms. The minimum absolute atomic E-state index is 0.00579. The summed E-state index contributed by atoms with van der Waals surface area (Å²) in [6, 6.07) is 5.72. The van der Waals surface area contributed by atoms with E-state index in [-0.39, 0.29) is 11.9 Å². The Balaban J connectivity index is 0.000000181. The van der Waals surface area contributed by atoms with Crippen LogP contribution in [0.2, 0.25) is 0 Å². The summed E-state index contributed by atoms with van der Waals surface area (Å²) >= 11 is 0. The van der Waals surface area contributed by atoms with Crippen molar-refractivity contribution >= 4 is 5.78 Å². The molecule has 4 nitrogen and oxygen atoms in total. The summed E-state index contributed by atoms with van der Waals surface area (Å²) in [5.74, 6) is 0.163. The van der Waals surface area contributed by atoms with Crippen LogP contribution in [0.25, 0.3) is 0 Å². The highest BCUT2D eigenvalue weighted by molar-refractivity contribution is 5.75. The van der Waals surface area contributed by atoms with Gasteiger partial charge in [-0.15, -0.1) is 0 Å². The quantitative estimate of drug-likeness (QED) is 0.761. The number of hydrogen-bond acceptors (Lipinski definition) is 4. The molecule has 0 aromatic carbocycles. The molecule has 1 aliphatic rings. The molecule has 0 amide bonds. The number of ketones is 1. The molecule has 0 aliphatic carbocycles. The molecule has 1 aromatic rings. The Morgan fingerprint density at radius 1 is 1.31 bits per heavy atom. The molecule has 0 saturated carbocycles. The highest BCUT2D eigenvalue weighted by Gasteiger charge is 2.15. The fourth-order valence-corrected chi connectivity index (χ4v) is 1.29. The molecule has 0 N–H and O–H groups in total. The lowest BCUT2D eigenvalue weighted by atomic mass is 10.2. The predicted molar refractivity (Wildman–Crippen MR) is 60.1 cm³/mol. The van der Waals surface area contributed by atoms with Gasteiger partial charge in [-0.3, -0.25) is 9.78 Å². The number of aromatic nitrogens is 1. The molecule has 1 fully saturated rings. The Bertz CT molecular complexity index is 257. The first-order valence-corrected chi connectivity index (χ1v) is 5.33. The van der Waals surface area contributed by atoms with Gasteiger partial charge in [0.15, 0.2) is 0 Å². The van der Waals surface area contributed by atoms with Crippen molar-refractivity contribution in [3.05, 3.63) is 30.6 Å². The second-order valence-electron chi connectivity index (χ2n) is 3.50. The molecule has 2 heterocycles. The van der Waals surface area contributed by atoms with Crippen LogP contribution in [0, 0.1) is 0 Å². The first-order chi connectivity index (χ1) is 7.79. The summed E-state index contributed by atoms with van der Waals surface area (Å²) in [5, 5.41) is 0. The molecule has 0 spiro atoms. The normalized spacial score (nSPS) is 19.4. The summed E-state index contributed by atoms with van der Waals surface area (Å²) in [7, 11) is 0. The van der Waals surface area contributed by atoms with E-state index in [2.05, 4.69) is 4.98 Å². The number of carbonyl (C=O) groups excluding carboxylic acids is 1. The third-order valence-corrected chi connectivity index (χ3v) is 1.97. The summed E-state index contributed by atoms with van der Waals surface area (Å²) in [5.41, 5.74) is 0. The molecular weight excluding hydrogens is 206 g/mol. The first kappa shape index (κ1) is 12.8. The number of carbonyl (C=O) groups is 1. The Hall–Kier alpha value is -1.26. The molecule has 1 aromatic heterocycles. The molecule has 1 atom stereocenters. The first-order valence-electron chi connectivity index (χ1n) is 5.33. The van der Waals surface area contributed by atoms with Crippen LogP contribution in [0.15, 0.2) is 30.6 Å². The lowest BCUT2D eigenvalue weighted by molar-refractivity contribution is -0.127. The third kappa shape index (κ3) is 6.27. The lowest BCUT2D eigenvalue weighted by Gasteiger charge is -2.21. The van der Waals surface area contributed by atoms with E-state index in [9.17, 15) is 4.79 Å². The Morgan fingerprint density at radius 3 is 2.44 bits per heavy atom. The van der Waals surface area contributed by atoms with Crippen molar-refractivity contribution in [1.82, 2.24) is 4.98 Å². The van der Waals surface area contributed by atoms with Gasteiger partial charge in [0, 0.05) is 18.8 Å². The maximum atomic E-state index is 10.6. The fourth-order valence-electron chi connectivity index (χ4n) is 1.29. The summed E-state index contributed by atoms with van der Waals surface area (Å²) in [6.45, 7) is 3.42. The molecule has 1 aliphatic heterocycles. The molecule has 16 heavy (non-hydrogen) atoms. The standard InChI is InChI=1S/C7H12O3.C5H5N/c1-6(8)4-7-5-9-2-3-10-7;1-2-4-6-5-3-1/h7H,2-5H2,1H3;1-5H. The number of Topliss-reactive ketones (excluding diaryl/α,β-unsaturated/α-hetero) is 1. The SMILES string of the molecule is CC(=O)CC1COCCO1.c1ccncc1. The van der Waals surface area contributed by atoms with Gasteiger partial charge in [-0.2, -0.15) is 0 Å². The van der Waals surface area contributed by atoms with Gasteiger partial charge in [0.1, 0.15) is 5.78 Å². The number of ether oxygens (including phenoxy) is 2. The second kappa shape index (κ2) is 7.96. The predicted octanol–water partition coefficient (Wildman–Crippen LogP) is 1.46. The molecule has 1 unspecified atom stereocenters. The van der Waals surface area contributed by atoms with Gasteiger partial charge in [0.2, 0.25) is 0 Å². The van der Waals surface area contributed by atoms with E-state index in [1.807, 2.05) is 18.2 Å². The van der Waals surface area contributed by atoms with Crippen molar-refractivity contribution in [3.63, 3.8) is 0 Å². The van der Waals surface area contributed by atoms with Crippen molar-refractivity contribution in [2.45, 2.75) is 19.4 Å². The highest BCUT2D eigenvalue weighted by Crippen LogP contribution is 2.04. The van der Waals surface area contributed by atoms with Crippen molar-refractivity contribution < 1.29 is 14.3 Å². The van der Waals surface area contributed by atoms with Crippen LogP contribution in [0.3, 0.4) is 0 Å². The van der Waals surface area contributed by atoms with E-state index >= 15 is 0 Å². The average molecular weight is 223 g/mol. The van der Waals surface area contributed by atoms with Gasteiger partial charge in [-0.25, -0.2) is 0 Å². The van der Waals surface area contributed by atoms with Crippen LogP contribution in [0.5, 0.6) is 0 Å². The molecule has 2 rings (SSSR count). The zero-order valence-corrected chi connectivity index (χ0v) is 9.46. The average Bonchev–Trinajstić information content (AvgIpc) is 2.32. The topological polar surface area (TPSA) is 48.4 Å². The Labute approximate surface area is 95.6 Å². The van der Waals surface area contributed by atoms with Gasteiger partial charge in [0.05, 0.1) is 25.9 Å². The number of nitrogens with zero attached hydrogens (tertiary/aromatic N) is 1. The number of hydrogen-bond donors (Lipinski definition) is 0. The van der Waals surface area contributed by atoms with E-state index in [1.165, 1.54) is 0 Å². The zero-order chi connectivity index (χ0) is 11.6. The fraction of sp³-hybridized carbons (Fsp3) is 0.500. The van der Waals surface area contributed by atoms with Crippen LogP contribution in [0.1, 0.15) is 13.3 Å². The van der Waals surface area contributed by atoms with E-state index in [1.54, 1.807) is 19.3 Å². The molecule has 0 bridgehead atoms. The molecule has 88 valence electrons. The van der Waals surface area contributed by atoms with Gasteiger partial charge < -0.3 is 9.47 Å². The van der Waals surface area contributed by atoms with E-state index in [0.717, 1.165) is 0 Å². The minimum Gasteiger partial charge on any atom is -0.376 e. The van der Waals surface area contributed by atoms with Crippen LogP contribution >= 0.6 is 0 Å². The number of rotatable bonds is 2. The summed E-state index contributed by atoms with van der Waals surface area (Å²) in [4.78, 5) is 14.4. The molecule has 1 saturated heterocycles. The second-order valence-corrected chi connectivity index (χ2v) is 3.50. The maximum Gasteiger partial charge on any atom is 0.132 e. The van der Waals surface area contributed by atoms with Crippen LogP contribution in [-0.4, -0.2) is 36.7 Å². The number of pyridine rings is 1. The van der Waals surface area contributed by atoms with E-state index in [4.69, 9.17) is 9.47 Å². The van der Waals surface area contributed by atoms with Gasteiger partial charge in [0.25, 0.3) is 0 Å². The Morgan fingerprint density at radius 2 is 2.06 bits per heavy atom. The van der Waals surface area contributed by atoms with Gasteiger partial charge in [-0.1, -0.05) is 6.07 Å². The largest absolute Gasteiger partial charge is 0.376 e. The summed E-state index contributed by atoms with van der Waals surface area (Å²) < 4.78 is 10.3. The van der Waals surface area contributed by atoms with Gasteiger partial charge in [-0.05, 0) is 19.1 Å². The minimum atomic E-state index is 0.00579. The van der Waals surface area contributed by atoms with Crippen molar-refractivity contribution in [3.8, 4) is 0 Å². The van der Waals surface area contributed by atoms with Crippen molar-refractivity contribution in [2.24, 2.45) is 0 Å². The molecular formula is C12H17NO3. The smallest absolute Gasteiger partial charge is 0.132 e. The Kier molecular flexibility index (Phi) is 6.37. The lowest BCUT2D eigenvalue weighted by Crippen LogP contribution is -2.29. The van der Waals surface area contributed by atoms with Gasteiger partial charge >= 0.3 is 0 Å². The van der Waals surface area contributed by atoms with E-state index in [0.29, 0.717) is 26.2 Å². The van der Waals surface area contributed by atoms with Crippen LogP contribution < -0.4 is 0 Å². The third-order valence-electron chi connectivity index (χ3n) is 1.97. The van der Waals surface area contributed by atoms with Crippen molar-refractivity contribution in [1.29, 1.82) is 0 Å². The van der Waals surface area contributed by atoms with Crippen LogP contribution in [0.4, 0.5) is 0 Å². The zero-order valence-electron chi connectivity index (χ0n) is 9.46. The van der Waals surface area contributed by atoms with E-state index < -0.39 is 0 Å². The monoisotopic (exact) mass is 223 g/mol. The maximum absolute atomic E-state index is 10.6. The summed E-state index contributed by atoms with van der Waals surface area (Å²) in [6.07, 6.45) is 3.99. The van der Waals surface area contributed by atoms with Crippen LogP contribution in [-0.2, 0) is 14.3 Å².